The van der Waals surface area contributed by atoms with Gasteiger partial charge < -0.3 is 15.3 Å². The van der Waals surface area contributed by atoms with Crippen LogP contribution in [-0.2, 0) is 12.8 Å². The average molecular weight is 292 g/mol. The summed E-state index contributed by atoms with van der Waals surface area (Å²) in [6.07, 6.45) is 8.21. The molecule has 0 aliphatic heterocycles. The zero-order valence-corrected chi connectivity index (χ0v) is 13.4. The normalized spacial score (nSPS) is 13.9. The third-order valence-electron chi connectivity index (χ3n) is 4.11. The lowest BCUT2D eigenvalue weighted by Gasteiger charge is -2.28. The molecule has 21 heavy (non-hydrogen) atoms. The minimum atomic E-state index is -0.125. The van der Waals surface area contributed by atoms with E-state index in [-0.39, 0.29) is 6.73 Å². The van der Waals surface area contributed by atoms with Crippen LogP contribution in [0.15, 0.2) is 0 Å². The predicted octanol–water partition coefficient (Wildman–Crippen LogP) is 2.73. The standard InChI is InChI=1S/C16H28N4O/c1-3-5-8-11-20(4-2)15-13-9-6-7-10-14(13)18-16(19-15)17-12-21/h21H,3-12H2,1-2H3,(H,17,18,19). The van der Waals surface area contributed by atoms with Crippen LogP contribution in [0.2, 0.25) is 0 Å². The highest BCUT2D eigenvalue weighted by Crippen LogP contribution is 2.29. The van der Waals surface area contributed by atoms with Gasteiger partial charge in [-0.2, -0.15) is 4.98 Å². The summed E-state index contributed by atoms with van der Waals surface area (Å²) in [6, 6.07) is 0. The van der Waals surface area contributed by atoms with Crippen molar-refractivity contribution in [3.8, 4) is 0 Å². The Bertz CT molecular complexity index is 450. The minimum Gasteiger partial charge on any atom is -0.376 e. The maximum atomic E-state index is 9.08. The van der Waals surface area contributed by atoms with Gasteiger partial charge in [0.2, 0.25) is 5.95 Å². The van der Waals surface area contributed by atoms with Crippen LogP contribution < -0.4 is 10.2 Å². The second-order valence-corrected chi connectivity index (χ2v) is 5.62. The molecule has 0 radical (unpaired) electrons. The molecule has 5 heteroatoms. The second kappa shape index (κ2) is 8.17. The van der Waals surface area contributed by atoms with E-state index in [1.165, 1.54) is 37.7 Å². The molecule has 5 nitrogen and oxygen atoms in total. The predicted molar refractivity (Wildman–Crippen MR) is 86.8 cm³/mol. The van der Waals surface area contributed by atoms with Gasteiger partial charge in [-0.05, 0) is 39.0 Å². The molecular weight excluding hydrogens is 264 g/mol. The molecule has 0 saturated heterocycles. The van der Waals surface area contributed by atoms with E-state index in [0.29, 0.717) is 5.95 Å². The Labute approximate surface area is 127 Å². The van der Waals surface area contributed by atoms with Gasteiger partial charge >= 0.3 is 0 Å². The van der Waals surface area contributed by atoms with Crippen LogP contribution in [0.25, 0.3) is 0 Å². The van der Waals surface area contributed by atoms with E-state index in [1.807, 2.05) is 0 Å². The smallest absolute Gasteiger partial charge is 0.226 e. The van der Waals surface area contributed by atoms with Crippen molar-refractivity contribution >= 4 is 11.8 Å². The third kappa shape index (κ3) is 4.06. The molecule has 1 aliphatic carbocycles. The van der Waals surface area contributed by atoms with Gasteiger partial charge in [-0.15, -0.1) is 0 Å². The van der Waals surface area contributed by atoms with Crippen molar-refractivity contribution in [3.05, 3.63) is 11.3 Å². The van der Waals surface area contributed by atoms with Crippen molar-refractivity contribution in [2.45, 2.75) is 58.8 Å². The second-order valence-electron chi connectivity index (χ2n) is 5.62. The van der Waals surface area contributed by atoms with Gasteiger partial charge in [0.1, 0.15) is 12.5 Å². The van der Waals surface area contributed by atoms with Gasteiger partial charge in [0.05, 0.1) is 5.69 Å². The quantitative estimate of drug-likeness (QED) is 0.570. The number of unbranched alkanes of at least 4 members (excludes halogenated alkanes) is 2. The Hall–Kier alpha value is -1.36. The van der Waals surface area contributed by atoms with E-state index in [2.05, 4.69) is 34.0 Å². The fourth-order valence-corrected chi connectivity index (χ4v) is 2.95. The Kier molecular flexibility index (Phi) is 6.23. The van der Waals surface area contributed by atoms with Gasteiger partial charge in [-0.25, -0.2) is 4.98 Å². The maximum absolute atomic E-state index is 9.08. The lowest BCUT2D eigenvalue weighted by molar-refractivity contribution is 0.324. The number of aromatic nitrogens is 2. The number of anilines is 2. The molecule has 1 aromatic heterocycles. The molecule has 0 saturated carbocycles. The van der Waals surface area contributed by atoms with Gasteiger partial charge in [-0.1, -0.05) is 19.8 Å². The van der Waals surface area contributed by atoms with Crippen molar-refractivity contribution < 1.29 is 5.11 Å². The summed E-state index contributed by atoms with van der Waals surface area (Å²) >= 11 is 0. The van der Waals surface area contributed by atoms with Crippen molar-refractivity contribution in [1.29, 1.82) is 0 Å². The third-order valence-corrected chi connectivity index (χ3v) is 4.11. The van der Waals surface area contributed by atoms with Crippen LogP contribution in [0.5, 0.6) is 0 Å². The highest BCUT2D eigenvalue weighted by Gasteiger charge is 2.20. The van der Waals surface area contributed by atoms with Crippen LogP contribution in [-0.4, -0.2) is 34.9 Å². The molecular formula is C16H28N4O. The highest BCUT2D eigenvalue weighted by molar-refractivity contribution is 5.53. The van der Waals surface area contributed by atoms with Crippen LogP contribution >= 0.6 is 0 Å². The number of hydrogen-bond acceptors (Lipinski definition) is 5. The number of aryl methyl sites for hydroxylation is 1. The molecule has 0 amide bonds. The van der Waals surface area contributed by atoms with Crippen LogP contribution in [0, 0.1) is 0 Å². The first-order chi connectivity index (χ1) is 10.3. The molecule has 1 aromatic rings. The number of fused-ring (bicyclic) bond motifs is 1. The van der Waals surface area contributed by atoms with Gasteiger partial charge in [-0.3, -0.25) is 0 Å². The average Bonchev–Trinajstić information content (AvgIpc) is 2.51. The minimum absolute atomic E-state index is 0.125. The van der Waals surface area contributed by atoms with Crippen LogP contribution in [0.1, 0.15) is 57.2 Å². The molecule has 0 aromatic carbocycles. The first kappa shape index (κ1) is 16.0. The summed E-state index contributed by atoms with van der Waals surface area (Å²) in [4.78, 5) is 11.6. The molecule has 2 N–H and O–H groups in total. The van der Waals surface area contributed by atoms with E-state index < -0.39 is 0 Å². The molecule has 0 unspecified atom stereocenters. The van der Waals surface area contributed by atoms with Crippen LogP contribution in [0.4, 0.5) is 11.8 Å². The van der Waals surface area contributed by atoms with Gasteiger partial charge in [0.15, 0.2) is 0 Å². The SMILES string of the molecule is CCCCCN(CC)c1nc(NCO)nc2c1CCCC2. The monoisotopic (exact) mass is 292 g/mol. The molecule has 0 atom stereocenters. The number of aliphatic hydroxyl groups excluding tert-OH is 1. The molecule has 2 rings (SSSR count). The van der Waals surface area contributed by atoms with Crippen molar-refractivity contribution in [1.82, 2.24) is 9.97 Å². The first-order valence-electron chi connectivity index (χ1n) is 8.29. The molecule has 0 spiro atoms. The van der Waals surface area contributed by atoms with Crippen molar-refractivity contribution in [3.63, 3.8) is 0 Å². The van der Waals surface area contributed by atoms with E-state index >= 15 is 0 Å². The summed E-state index contributed by atoms with van der Waals surface area (Å²) in [5.74, 6) is 1.64. The summed E-state index contributed by atoms with van der Waals surface area (Å²) in [5, 5.41) is 11.9. The summed E-state index contributed by atoms with van der Waals surface area (Å²) in [7, 11) is 0. The van der Waals surface area contributed by atoms with Crippen molar-refractivity contribution in [2.75, 3.05) is 30.0 Å². The number of nitrogens with one attached hydrogen (secondary N) is 1. The number of aliphatic hydroxyl groups is 1. The molecule has 1 heterocycles. The number of nitrogens with zero attached hydrogens (tertiary/aromatic N) is 3. The Balaban J connectivity index is 2.27. The summed E-state index contributed by atoms with van der Waals surface area (Å²) in [6.45, 7) is 6.30. The zero-order chi connectivity index (χ0) is 15.1. The highest BCUT2D eigenvalue weighted by atomic mass is 16.3. The van der Waals surface area contributed by atoms with E-state index in [4.69, 9.17) is 5.11 Å². The molecule has 118 valence electrons. The van der Waals surface area contributed by atoms with Gasteiger partial charge in [0, 0.05) is 18.7 Å². The molecule has 1 aliphatic rings. The van der Waals surface area contributed by atoms with E-state index in [0.717, 1.165) is 37.4 Å². The van der Waals surface area contributed by atoms with Crippen LogP contribution in [0.3, 0.4) is 0 Å². The molecule has 0 bridgehead atoms. The summed E-state index contributed by atoms with van der Waals surface area (Å²) < 4.78 is 0. The topological polar surface area (TPSA) is 61.3 Å². The van der Waals surface area contributed by atoms with E-state index in [9.17, 15) is 0 Å². The first-order valence-corrected chi connectivity index (χ1v) is 8.29. The lowest BCUT2D eigenvalue weighted by atomic mass is 9.96. The Morgan fingerprint density at radius 1 is 1.14 bits per heavy atom. The van der Waals surface area contributed by atoms with E-state index in [1.54, 1.807) is 0 Å². The fourth-order valence-electron chi connectivity index (χ4n) is 2.95. The molecule has 0 fully saturated rings. The van der Waals surface area contributed by atoms with Gasteiger partial charge in [0.25, 0.3) is 0 Å². The fraction of sp³-hybridized carbons (Fsp3) is 0.750. The lowest BCUT2D eigenvalue weighted by Crippen LogP contribution is -2.28. The zero-order valence-electron chi connectivity index (χ0n) is 13.4. The largest absolute Gasteiger partial charge is 0.376 e. The Morgan fingerprint density at radius 3 is 2.67 bits per heavy atom. The number of hydrogen-bond donors (Lipinski definition) is 2. The summed E-state index contributed by atoms with van der Waals surface area (Å²) in [5.41, 5.74) is 2.49. The maximum Gasteiger partial charge on any atom is 0.226 e. The van der Waals surface area contributed by atoms with Crippen molar-refractivity contribution in [2.24, 2.45) is 0 Å². The number of rotatable bonds is 8. The Morgan fingerprint density at radius 2 is 1.95 bits per heavy atom.